The van der Waals surface area contributed by atoms with Crippen LogP contribution in [0.1, 0.15) is 30.4 Å². The largest absolute Gasteiger partial charge is 0.291 e. The molecule has 0 aliphatic rings. The van der Waals surface area contributed by atoms with Crippen LogP contribution in [0.25, 0.3) is 0 Å². The smallest absolute Gasteiger partial charge is 0.192 e. The van der Waals surface area contributed by atoms with Crippen molar-refractivity contribution in [3.8, 4) is 0 Å². The number of halogens is 2. The molecule has 0 saturated carbocycles. The van der Waals surface area contributed by atoms with Crippen LogP contribution in [0.4, 0.5) is 0 Å². The zero-order valence-corrected chi connectivity index (χ0v) is 15.1. The van der Waals surface area contributed by atoms with Crippen LogP contribution in [-0.2, 0) is 0 Å². The van der Waals surface area contributed by atoms with Crippen molar-refractivity contribution in [1.82, 2.24) is 9.78 Å². The normalized spacial score (nSPS) is 11.1. The monoisotopic (exact) mass is 416 g/mol. The summed E-state index contributed by atoms with van der Waals surface area (Å²) in [5, 5.41) is 4.24. The Morgan fingerprint density at radius 2 is 2.15 bits per heavy atom. The number of rotatable bonds is 5. The number of carbonyl (C=O) groups is 1. The number of Topliss-reactive ketones (excluding diaryl/α,β-unsaturated/α-hetero) is 1. The van der Waals surface area contributed by atoms with Crippen molar-refractivity contribution >= 4 is 49.4 Å². The molecule has 0 unspecified atom stereocenters. The fourth-order valence-electron chi connectivity index (χ4n) is 1.77. The van der Waals surface area contributed by atoms with Gasteiger partial charge >= 0.3 is 0 Å². The highest BCUT2D eigenvalue weighted by Gasteiger charge is 2.18. The molecule has 6 heteroatoms. The van der Waals surface area contributed by atoms with E-state index in [0.29, 0.717) is 11.4 Å². The summed E-state index contributed by atoms with van der Waals surface area (Å²) >= 11 is 8.36. The second kappa shape index (κ2) is 6.91. The minimum absolute atomic E-state index is 0.0769. The van der Waals surface area contributed by atoms with Crippen molar-refractivity contribution in [3.63, 3.8) is 0 Å². The highest BCUT2D eigenvalue weighted by atomic mass is 79.9. The number of hydrogen-bond donors (Lipinski definition) is 0. The van der Waals surface area contributed by atoms with Crippen LogP contribution in [0.5, 0.6) is 0 Å². The summed E-state index contributed by atoms with van der Waals surface area (Å²) in [7, 11) is 0. The lowest BCUT2D eigenvalue weighted by Crippen LogP contribution is -2.14. The summed E-state index contributed by atoms with van der Waals surface area (Å²) in [6.45, 7) is 4.02. The minimum Gasteiger partial charge on any atom is -0.291 e. The molecule has 0 amide bonds. The van der Waals surface area contributed by atoms with E-state index in [9.17, 15) is 4.79 Å². The van der Waals surface area contributed by atoms with Crippen LogP contribution in [0.15, 0.2) is 44.3 Å². The molecule has 0 aliphatic heterocycles. The second-order valence-electron chi connectivity index (χ2n) is 4.55. The van der Waals surface area contributed by atoms with E-state index >= 15 is 0 Å². The van der Waals surface area contributed by atoms with Crippen LogP contribution < -0.4 is 0 Å². The number of benzene rings is 1. The Morgan fingerprint density at radius 3 is 2.80 bits per heavy atom. The maximum atomic E-state index is 12.4. The Bertz CT molecular complexity index is 625. The average molecular weight is 418 g/mol. The van der Waals surface area contributed by atoms with Gasteiger partial charge in [-0.25, -0.2) is 0 Å². The fraction of sp³-hybridized carbons (Fsp3) is 0.286. The zero-order valence-electron chi connectivity index (χ0n) is 11.1. The van der Waals surface area contributed by atoms with Gasteiger partial charge in [-0.15, -0.1) is 11.8 Å². The predicted octanol–water partition coefficient (Wildman–Crippen LogP) is 4.96. The van der Waals surface area contributed by atoms with Crippen molar-refractivity contribution in [1.29, 1.82) is 0 Å². The van der Waals surface area contributed by atoms with Crippen molar-refractivity contribution in [2.75, 3.05) is 5.75 Å². The third kappa shape index (κ3) is 3.74. The van der Waals surface area contributed by atoms with Gasteiger partial charge in [-0.1, -0.05) is 22.0 Å². The fourth-order valence-corrected chi connectivity index (χ4v) is 3.63. The Hall–Kier alpha value is -0.590. The molecule has 0 atom stereocenters. The maximum Gasteiger partial charge on any atom is 0.192 e. The van der Waals surface area contributed by atoms with Gasteiger partial charge in [0.05, 0.1) is 16.4 Å². The molecule has 0 fully saturated rings. The van der Waals surface area contributed by atoms with Crippen molar-refractivity contribution in [2.24, 2.45) is 0 Å². The molecule has 0 spiro atoms. The quantitative estimate of drug-likeness (QED) is 0.509. The summed E-state index contributed by atoms with van der Waals surface area (Å²) in [6.07, 6.45) is 1.68. The minimum atomic E-state index is 0.0769. The van der Waals surface area contributed by atoms with Gasteiger partial charge in [0.1, 0.15) is 5.69 Å². The van der Waals surface area contributed by atoms with Crippen LogP contribution in [0.3, 0.4) is 0 Å². The molecule has 20 heavy (non-hydrogen) atoms. The molecule has 0 aliphatic carbocycles. The lowest BCUT2D eigenvalue weighted by Gasteiger charge is -2.10. The Labute approximate surface area is 139 Å². The van der Waals surface area contributed by atoms with Crippen LogP contribution in [-0.4, -0.2) is 21.3 Å². The summed E-state index contributed by atoms with van der Waals surface area (Å²) in [4.78, 5) is 13.5. The molecule has 0 saturated heterocycles. The van der Waals surface area contributed by atoms with Gasteiger partial charge in [0, 0.05) is 15.4 Å². The summed E-state index contributed by atoms with van der Waals surface area (Å²) in [5.74, 6) is 0.473. The number of aromatic nitrogens is 2. The first-order valence-corrected chi connectivity index (χ1v) is 8.70. The second-order valence-corrected chi connectivity index (χ2v) is 7.37. The van der Waals surface area contributed by atoms with Crippen molar-refractivity contribution < 1.29 is 4.79 Å². The molecule has 1 heterocycles. The van der Waals surface area contributed by atoms with Crippen molar-refractivity contribution in [2.45, 2.75) is 24.8 Å². The molecular weight excluding hydrogens is 404 g/mol. The number of nitrogens with zero attached hydrogens (tertiary/aromatic N) is 2. The molecular formula is C14H14Br2N2OS. The number of thioether (sulfide) groups is 1. The first-order chi connectivity index (χ1) is 9.49. The highest BCUT2D eigenvalue weighted by molar-refractivity contribution is 9.10. The van der Waals surface area contributed by atoms with Gasteiger partial charge < -0.3 is 0 Å². The predicted molar refractivity (Wildman–Crippen MR) is 89.5 cm³/mol. The molecule has 2 aromatic rings. The Kier molecular flexibility index (Phi) is 5.46. The molecule has 0 bridgehead atoms. The van der Waals surface area contributed by atoms with E-state index in [-0.39, 0.29) is 11.8 Å². The molecule has 1 aromatic heterocycles. The molecule has 0 radical (unpaired) electrons. The molecule has 0 N–H and O–H groups in total. The average Bonchev–Trinajstić information content (AvgIpc) is 2.78. The zero-order chi connectivity index (χ0) is 14.7. The van der Waals surface area contributed by atoms with E-state index in [1.165, 1.54) is 11.8 Å². The summed E-state index contributed by atoms with van der Waals surface area (Å²) in [5.41, 5.74) is 0.641. The Balaban J connectivity index is 2.11. The van der Waals surface area contributed by atoms with E-state index in [4.69, 9.17) is 0 Å². The SMILES string of the molecule is CC(C)n1ncc(Br)c1C(=O)CSc1cccc(Br)c1. The van der Waals surface area contributed by atoms with Gasteiger partial charge in [0.2, 0.25) is 0 Å². The topological polar surface area (TPSA) is 34.9 Å². The number of ketones is 1. The highest BCUT2D eigenvalue weighted by Crippen LogP contribution is 2.25. The van der Waals surface area contributed by atoms with Gasteiger partial charge in [0.15, 0.2) is 5.78 Å². The van der Waals surface area contributed by atoms with Crippen molar-refractivity contribution in [3.05, 3.63) is 45.1 Å². The summed E-state index contributed by atoms with van der Waals surface area (Å²) in [6, 6.07) is 8.10. The third-order valence-corrected chi connectivity index (χ3v) is 4.74. The number of carbonyl (C=O) groups excluding carboxylic acids is 1. The molecule has 3 nitrogen and oxygen atoms in total. The van der Waals surface area contributed by atoms with E-state index in [2.05, 4.69) is 37.0 Å². The summed E-state index contributed by atoms with van der Waals surface area (Å²) < 4.78 is 3.53. The van der Waals surface area contributed by atoms with E-state index in [1.54, 1.807) is 10.9 Å². The van der Waals surface area contributed by atoms with E-state index in [1.807, 2.05) is 38.1 Å². The van der Waals surface area contributed by atoms with E-state index < -0.39 is 0 Å². The molecule has 1 aromatic carbocycles. The standard InChI is InChI=1S/C14H14Br2N2OS/c1-9(2)18-14(12(16)7-17-18)13(19)8-20-11-5-3-4-10(15)6-11/h3-7,9H,8H2,1-2H3. The van der Waals surface area contributed by atoms with Gasteiger partial charge in [-0.2, -0.15) is 5.10 Å². The Morgan fingerprint density at radius 1 is 1.40 bits per heavy atom. The van der Waals surface area contributed by atoms with E-state index in [0.717, 1.165) is 13.8 Å². The van der Waals surface area contributed by atoms with Gasteiger partial charge in [-0.3, -0.25) is 9.48 Å². The molecule has 2 rings (SSSR count). The first kappa shape index (κ1) is 15.8. The first-order valence-electron chi connectivity index (χ1n) is 6.13. The van der Waals surface area contributed by atoms with Gasteiger partial charge in [0.25, 0.3) is 0 Å². The number of hydrogen-bond acceptors (Lipinski definition) is 3. The lowest BCUT2D eigenvalue weighted by molar-refractivity contribution is 0.101. The maximum absolute atomic E-state index is 12.4. The van der Waals surface area contributed by atoms with Crippen LogP contribution in [0, 0.1) is 0 Å². The van der Waals surface area contributed by atoms with Crippen LogP contribution in [0.2, 0.25) is 0 Å². The lowest BCUT2D eigenvalue weighted by atomic mass is 10.3. The van der Waals surface area contributed by atoms with Gasteiger partial charge in [-0.05, 0) is 48.0 Å². The van der Waals surface area contributed by atoms with Crippen LogP contribution >= 0.6 is 43.6 Å². The molecule has 106 valence electrons. The third-order valence-electron chi connectivity index (χ3n) is 2.67.